The van der Waals surface area contributed by atoms with E-state index in [1.54, 1.807) is 23.7 Å². The van der Waals surface area contributed by atoms with E-state index in [1.165, 1.54) is 4.90 Å². The monoisotopic (exact) mass is 254 g/mol. The molecule has 1 atom stereocenters. The average molecular weight is 254 g/mol. The van der Waals surface area contributed by atoms with Crippen LogP contribution in [0.15, 0.2) is 12.1 Å². The first-order valence-corrected chi connectivity index (χ1v) is 5.69. The third-order valence-corrected chi connectivity index (χ3v) is 3.48. The topological polar surface area (TPSA) is 62.5 Å². The number of likely N-dealkylation sites (tertiary alicyclic amines) is 1. The van der Waals surface area contributed by atoms with E-state index < -0.39 is 11.6 Å². The summed E-state index contributed by atoms with van der Waals surface area (Å²) in [6.07, 6.45) is -0.155. The lowest BCUT2D eigenvalue weighted by molar-refractivity contribution is -0.149. The lowest BCUT2D eigenvalue weighted by Gasteiger charge is -2.18. The van der Waals surface area contributed by atoms with Crippen molar-refractivity contribution in [1.29, 1.82) is 0 Å². The Balaban J connectivity index is 2.18. The number of nitrogens with zero attached hydrogens (tertiary/aromatic N) is 2. The maximum absolute atomic E-state index is 13.9. The Morgan fingerprint density at radius 3 is 2.56 bits per heavy atom. The maximum atomic E-state index is 13.9. The Hall–Kier alpha value is -1.85. The number of aliphatic carboxylic acids is 1. The van der Waals surface area contributed by atoms with E-state index in [9.17, 15) is 14.0 Å². The number of alkyl halides is 1. The molecule has 0 saturated carbocycles. The lowest BCUT2D eigenvalue weighted by atomic mass is 10.1. The number of aryl methyl sites for hydroxylation is 1. The minimum absolute atomic E-state index is 0.131. The van der Waals surface area contributed by atoms with Crippen molar-refractivity contribution in [2.24, 2.45) is 7.05 Å². The number of halogens is 1. The normalized spacial score (nSPS) is 23.4. The largest absolute Gasteiger partial charge is 0.479 e. The number of carboxylic acids is 1. The van der Waals surface area contributed by atoms with Crippen molar-refractivity contribution >= 4 is 11.9 Å². The molecule has 2 rings (SSSR count). The molecule has 1 aromatic heterocycles. The van der Waals surface area contributed by atoms with E-state index in [1.807, 2.05) is 6.92 Å². The number of rotatable bonds is 2. The average Bonchev–Trinajstić information content (AvgIpc) is 2.85. The van der Waals surface area contributed by atoms with Gasteiger partial charge in [0.1, 0.15) is 5.69 Å². The summed E-state index contributed by atoms with van der Waals surface area (Å²) < 4.78 is 15.6. The Kier molecular flexibility index (Phi) is 2.88. The van der Waals surface area contributed by atoms with Gasteiger partial charge in [0.15, 0.2) is 0 Å². The molecule has 2 heterocycles. The Labute approximate surface area is 104 Å². The van der Waals surface area contributed by atoms with E-state index in [0.717, 1.165) is 5.69 Å². The number of carboxylic acid groups (broad SMARTS) is 1. The van der Waals surface area contributed by atoms with Gasteiger partial charge in [0.25, 0.3) is 5.91 Å². The molecule has 1 N–H and O–H groups in total. The van der Waals surface area contributed by atoms with E-state index in [-0.39, 0.29) is 25.4 Å². The number of carbonyl (C=O) groups is 2. The molecule has 1 aliphatic rings. The van der Waals surface area contributed by atoms with Crippen LogP contribution >= 0.6 is 0 Å². The first-order valence-electron chi connectivity index (χ1n) is 5.69. The molecule has 0 aliphatic carbocycles. The molecule has 1 fully saturated rings. The summed E-state index contributed by atoms with van der Waals surface area (Å²) in [7, 11) is 1.75. The highest BCUT2D eigenvalue weighted by molar-refractivity contribution is 5.94. The second-order valence-electron chi connectivity index (χ2n) is 4.67. The van der Waals surface area contributed by atoms with Crippen LogP contribution in [-0.2, 0) is 11.8 Å². The van der Waals surface area contributed by atoms with E-state index in [0.29, 0.717) is 5.69 Å². The van der Waals surface area contributed by atoms with Crippen LogP contribution in [0.3, 0.4) is 0 Å². The van der Waals surface area contributed by atoms with Crippen LogP contribution in [0, 0.1) is 6.92 Å². The molecule has 5 nitrogen and oxygen atoms in total. The second kappa shape index (κ2) is 4.12. The van der Waals surface area contributed by atoms with Gasteiger partial charge in [-0.1, -0.05) is 0 Å². The molecule has 0 bridgehead atoms. The van der Waals surface area contributed by atoms with E-state index >= 15 is 0 Å². The quantitative estimate of drug-likeness (QED) is 0.855. The highest BCUT2D eigenvalue weighted by atomic mass is 19.1. The van der Waals surface area contributed by atoms with Crippen molar-refractivity contribution in [3.8, 4) is 0 Å². The highest BCUT2D eigenvalue weighted by Gasteiger charge is 2.47. The van der Waals surface area contributed by atoms with Crippen molar-refractivity contribution < 1.29 is 19.1 Å². The first kappa shape index (κ1) is 12.6. The molecule has 98 valence electrons. The Morgan fingerprint density at radius 1 is 1.44 bits per heavy atom. The molecule has 1 saturated heterocycles. The molecule has 1 aromatic rings. The molecular weight excluding hydrogens is 239 g/mol. The van der Waals surface area contributed by atoms with Gasteiger partial charge in [0, 0.05) is 25.7 Å². The number of carbonyl (C=O) groups excluding carboxylic acids is 1. The fourth-order valence-electron chi connectivity index (χ4n) is 2.11. The van der Waals surface area contributed by atoms with E-state index in [4.69, 9.17) is 5.11 Å². The highest BCUT2D eigenvalue weighted by Crippen LogP contribution is 2.27. The molecule has 0 unspecified atom stereocenters. The molecule has 0 radical (unpaired) electrons. The number of hydrogen-bond acceptors (Lipinski definition) is 2. The van der Waals surface area contributed by atoms with Crippen LogP contribution in [0.5, 0.6) is 0 Å². The van der Waals surface area contributed by atoms with Crippen molar-refractivity contribution in [3.05, 3.63) is 23.5 Å². The van der Waals surface area contributed by atoms with Crippen LogP contribution in [-0.4, -0.2) is 45.2 Å². The van der Waals surface area contributed by atoms with E-state index in [2.05, 4.69) is 0 Å². The molecule has 6 heteroatoms. The van der Waals surface area contributed by atoms with Crippen LogP contribution in [0.4, 0.5) is 4.39 Å². The second-order valence-corrected chi connectivity index (χ2v) is 4.67. The summed E-state index contributed by atoms with van der Waals surface area (Å²) in [4.78, 5) is 24.2. The van der Waals surface area contributed by atoms with Crippen molar-refractivity contribution in [1.82, 2.24) is 9.47 Å². The van der Waals surface area contributed by atoms with Crippen LogP contribution in [0.25, 0.3) is 0 Å². The predicted octanol–water partition coefficient (Wildman–Crippen LogP) is 0.972. The third kappa shape index (κ3) is 1.87. The zero-order valence-corrected chi connectivity index (χ0v) is 10.3. The predicted molar refractivity (Wildman–Crippen MR) is 62.1 cm³/mol. The first-order chi connectivity index (χ1) is 8.35. The zero-order chi connectivity index (χ0) is 13.5. The molecule has 1 amide bonds. The summed E-state index contributed by atoms with van der Waals surface area (Å²) in [5.74, 6) is -1.83. The zero-order valence-electron chi connectivity index (χ0n) is 10.3. The number of hydrogen-bond donors (Lipinski definition) is 1. The minimum Gasteiger partial charge on any atom is -0.479 e. The standard InChI is InChI=1S/C12H15FN2O3/c1-8-3-4-9(14(8)2)10(16)15-6-5-12(13,7-15)11(17)18/h3-4H,5-7H2,1-2H3,(H,17,18)/t12-/m1/s1. The van der Waals surface area contributed by atoms with Gasteiger partial charge < -0.3 is 14.6 Å². The van der Waals surface area contributed by atoms with Gasteiger partial charge in [0.2, 0.25) is 5.67 Å². The molecule has 18 heavy (non-hydrogen) atoms. The van der Waals surface area contributed by atoms with Gasteiger partial charge in [-0.15, -0.1) is 0 Å². The van der Waals surface area contributed by atoms with Crippen LogP contribution in [0.2, 0.25) is 0 Å². The Bertz CT molecular complexity index is 511. The van der Waals surface area contributed by atoms with Gasteiger partial charge in [-0.05, 0) is 19.1 Å². The van der Waals surface area contributed by atoms with Gasteiger partial charge >= 0.3 is 5.97 Å². The summed E-state index contributed by atoms with van der Waals surface area (Å²) in [5.41, 5.74) is -0.944. The van der Waals surface area contributed by atoms with Crippen molar-refractivity contribution in [2.75, 3.05) is 13.1 Å². The molecule has 0 aromatic carbocycles. The van der Waals surface area contributed by atoms with Crippen LogP contribution in [0.1, 0.15) is 22.6 Å². The van der Waals surface area contributed by atoms with Crippen LogP contribution < -0.4 is 0 Å². The summed E-state index contributed by atoms with van der Waals surface area (Å²) in [5, 5.41) is 8.78. The van der Waals surface area contributed by atoms with Gasteiger partial charge in [0.05, 0.1) is 6.54 Å². The van der Waals surface area contributed by atoms with Gasteiger partial charge in [-0.3, -0.25) is 4.79 Å². The minimum atomic E-state index is -2.31. The smallest absolute Gasteiger partial charge is 0.343 e. The fourth-order valence-corrected chi connectivity index (χ4v) is 2.11. The Morgan fingerprint density at radius 2 is 2.11 bits per heavy atom. The number of amides is 1. The SMILES string of the molecule is Cc1ccc(C(=O)N2CC[C@](F)(C(=O)O)C2)n1C. The summed E-state index contributed by atoms with van der Waals surface area (Å²) in [6.45, 7) is 1.61. The number of aromatic nitrogens is 1. The maximum Gasteiger partial charge on any atom is 0.343 e. The summed E-state index contributed by atoms with van der Waals surface area (Å²) >= 11 is 0. The van der Waals surface area contributed by atoms with Crippen molar-refractivity contribution in [2.45, 2.75) is 19.0 Å². The molecule has 1 aliphatic heterocycles. The fraction of sp³-hybridized carbons (Fsp3) is 0.500. The van der Waals surface area contributed by atoms with Crippen molar-refractivity contribution in [3.63, 3.8) is 0 Å². The lowest BCUT2D eigenvalue weighted by Crippen LogP contribution is -2.39. The molecular formula is C12H15FN2O3. The summed E-state index contributed by atoms with van der Waals surface area (Å²) in [6, 6.07) is 3.46. The third-order valence-electron chi connectivity index (χ3n) is 3.48. The van der Waals surface area contributed by atoms with Gasteiger partial charge in [-0.2, -0.15) is 0 Å². The van der Waals surface area contributed by atoms with Gasteiger partial charge in [-0.25, -0.2) is 9.18 Å². The molecule has 0 spiro atoms.